The van der Waals surface area contributed by atoms with Crippen LogP contribution in [0.3, 0.4) is 0 Å². The average molecular weight is 290 g/mol. The minimum Gasteiger partial charge on any atom is -0.465 e. The quantitative estimate of drug-likeness (QED) is 0.814. The molecule has 1 aromatic carbocycles. The zero-order valence-corrected chi connectivity index (χ0v) is 12.4. The fourth-order valence-corrected chi connectivity index (χ4v) is 3.10. The predicted molar refractivity (Wildman–Crippen MR) is 78.6 cm³/mol. The molecule has 0 aliphatic carbocycles. The number of benzene rings is 1. The number of aromatic nitrogens is 1. The topological polar surface area (TPSA) is 34.5 Å². The van der Waals surface area contributed by atoms with E-state index in [0.717, 1.165) is 36.2 Å². The summed E-state index contributed by atoms with van der Waals surface area (Å²) in [7, 11) is 2.05. The Balaban J connectivity index is 2.15. The van der Waals surface area contributed by atoms with Gasteiger partial charge in [-0.3, -0.25) is 4.79 Å². The summed E-state index contributed by atoms with van der Waals surface area (Å²) in [5.74, 6) is -0.603. The number of fused-ring (bicyclic) bond motifs is 3. The molecule has 4 nitrogen and oxygen atoms in total. The highest BCUT2D eigenvalue weighted by molar-refractivity contribution is 5.87. The second-order valence-electron chi connectivity index (χ2n) is 5.44. The number of carbonyl (C=O) groups excluding carboxylic acids is 1. The lowest BCUT2D eigenvalue weighted by Gasteiger charge is -2.24. The molecule has 0 N–H and O–H groups in total. The molecule has 0 amide bonds. The van der Waals surface area contributed by atoms with E-state index in [1.807, 2.05) is 6.07 Å². The monoisotopic (exact) mass is 290 g/mol. The Morgan fingerprint density at radius 1 is 1.43 bits per heavy atom. The molecule has 0 saturated carbocycles. The molecule has 0 atom stereocenters. The van der Waals surface area contributed by atoms with Gasteiger partial charge in [0, 0.05) is 30.6 Å². The minimum atomic E-state index is -0.320. The summed E-state index contributed by atoms with van der Waals surface area (Å²) in [5.41, 5.74) is 2.70. The summed E-state index contributed by atoms with van der Waals surface area (Å²) in [6.45, 7) is 3.88. The number of para-hydroxylation sites is 1. The molecular formula is C16H19FN2O2. The van der Waals surface area contributed by atoms with Gasteiger partial charge in [-0.25, -0.2) is 4.39 Å². The van der Waals surface area contributed by atoms with Crippen LogP contribution in [0.15, 0.2) is 18.2 Å². The fraction of sp³-hybridized carbons (Fsp3) is 0.438. The van der Waals surface area contributed by atoms with E-state index in [-0.39, 0.29) is 18.3 Å². The number of rotatable bonds is 3. The Hall–Kier alpha value is -1.88. The number of nitrogens with zero attached hydrogens (tertiary/aromatic N) is 2. The van der Waals surface area contributed by atoms with Crippen molar-refractivity contribution in [2.24, 2.45) is 0 Å². The van der Waals surface area contributed by atoms with Gasteiger partial charge in [0.15, 0.2) is 0 Å². The van der Waals surface area contributed by atoms with Crippen LogP contribution in [0.5, 0.6) is 0 Å². The van der Waals surface area contributed by atoms with Crippen molar-refractivity contribution in [1.29, 1.82) is 0 Å². The van der Waals surface area contributed by atoms with Gasteiger partial charge in [0.2, 0.25) is 0 Å². The van der Waals surface area contributed by atoms with Crippen LogP contribution in [0.4, 0.5) is 4.39 Å². The molecule has 0 spiro atoms. The van der Waals surface area contributed by atoms with Crippen LogP contribution in [0.1, 0.15) is 18.2 Å². The maximum atomic E-state index is 14.3. The molecule has 0 bridgehead atoms. The first-order valence-corrected chi connectivity index (χ1v) is 7.24. The number of hydrogen-bond donors (Lipinski definition) is 0. The molecule has 112 valence electrons. The van der Waals surface area contributed by atoms with Crippen LogP contribution in [-0.2, 0) is 29.0 Å². The van der Waals surface area contributed by atoms with Gasteiger partial charge in [0.05, 0.1) is 12.1 Å². The molecule has 0 unspecified atom stereocenters. The van der Waals surface area contributed by atoms with Crippen LogP contribution < -0.4 is 0 Å². The standard InChI is InChI=1S/C16H19FN2O2/c1-3-21-15(20)10-19-14-7-8-18(2)9-12(14)11-5-4-6-13(17)16(11)19/h4-6H,3,7-10H2,1-2H3. The molecule has 3 rings (SSSR count). The molecule has 1 aromatic heterocycles. The molecule has 5 heteroatoms. The lowest BCUT2D eigenvalue weighted by molar-refractivity contribution is -0.143. The summed E-state index contributed by atoms with van der Waals surface area (Å²) >= 11 is 0. The van der Waals surface area contributed by atoms with Crippen molar-refractivity contribution in [1.82, 2.24) is 9.47 Å². The van der Waals surface area contributed by atoms with Crippen molar-refractivity contribution in [3.63, 3.8) is 0 Å². The van der Waals surface area contributed by atoms with Gasteiger partial charge in [0.25, 0.3) is 0 Å². The van der Waals surface area contributed by atoms with Crippen LogP contribution in [-0.4, -0.2) is 35.6 Å². The summed E-state index contributed by atoms with van der Waals surface area (Å²) in [4.78, 5) is 14.0. The van der Waals surface area contributed by atoms with E-state index < -0.39 is 0 Å². The maximum absolute atomic E-state index is 14.3. The Morgan fingerprint density at radius 3 is 3.00 bits per heavy atom. The smallest absolute Gasteiger partial charge is 0.325 e. The summed E-state index contributed by atoms with van der Waals surface area (Å²) in [5, 5.41) is 0.904. The van der Waals surface area contributed by atoms with Gasteiger partial charge >= 0.3 is 5.97 Å². The molecule has 1 aliphatic heterocycles. The van der Waals surface area contributed by atoms with Crippen molar-refractivity contribution in [2.45, 2.75) is 26.4 Å². The Morgan fingerprint density at radius 2 is 2.24 bits per heavy atom. The Labute approximate surface area is 123 Å². The van der Waals surface area contributed by atoms with Crippen molar-refractivity contribution < 1.29 is 13.9 Å². The average Bonchev–Trinajstić information content (AvgIpc) is 2.74. The van der Waals surface area contributed by atoms with Crippen LogP contribution in [0.2, 0.25) is 0 Å². The highest BCUT2D eigenvalue weighted by Gasteiger charge is 2.25. The zero-order chi connectivity index (χ0) is 15.0. The summed E-state index contributed by atoms with van der Waals surface area (Å²) in [6.07, 6.45) is 0.819. The first-order chi connectivity index (χ1) is 10.1. The lowest BCUT2D eigenvalue weighted by Crippen LogP contribution is -2.28. The summed E-state index contributed by atoms with van der Waals surface area (Å²) in [6, 6.07) is 5.10. The second-order valence-corrected chi connectivity index (χ2v) is 5.44. The van der Waals surface area contributed by atoms with E-state index >= 15 is 0 Å². The molecule has 0 fully saturated rings. The number of carbonyl (C=O) groups is 1. The van der Waals surface area contributed by atoms with Crippen molar-refractivity contribution in [3.05, 3.63) is 35.3 Å². The molecule has 1 aliphatic rings. The molecule has 2 aromatic rings. The number of hydrogen-bond acceptors (Lipinski definition) is 3. The van der Waals surface area contributed by atoms with Crippen molar-refractivity contribution in [2.75, 3.05) is 20.2 Å². The van der Waals surface area contributed by atoms with E-state index in [1.165, 1.54) is 6.07 Å². The van der Waals surface area contributed by atoms with E-state index in [4.69, 9.17) is 4.74 Å². The number of ether oxygens (including phenoxy) is 1. The Bertz CT molecular complexity index is 693. The number of halogens is 1. The highest BCUT2D eigenvalue weighted by atomic mass is 19.1. The third kappa shape index (κ3) is 2.42. The van der Waals surface area contributed by atoms with Crippen molar-refractivity contribution in [3.8, 4) is 0 Å². The van der Waals surface area contributed by atoms with Gasteiger partial charge in [-0.15, -0.1) is 0 Å². The third-order valence-electron chi connectivity index (χ3n) is 4.01. The normalized spacial score (nSPS) is 15.2. The lowest BCUT2D eigenvalue weighted by atomic mass is 10.1. The van der Waals surface area contributed by atoms with Crippen LogP contribution in [0, 0.1) is 5.82 Å². The fourth-order valence-electron chi connectivity index (χ4n) is 3.10. The maximum Gasteiger partial charge on any atom is 0.325 e. The van der Waals surface area contributed by atoms with Gasteiger partial charge in [-0.1, -0.05) is 12.1 Å². The molecular weight excluding hydrogens is 271 g/mol. The highest BCUT2D eigenvalue weighted by Crippen LogP contribution is 2.32. The largest absolute Gasteiger partial charge is 0.465 e. The minimum absolute atomic E-state index is 0.0737. The van der Waals surface area contributed by atoms with Gasteiger partial charge in [-0.05, 0) is 25.6 Å². The van der Waals surface area contributed by atoms with E-state index in [0.29, 0.717) is 12.1 Å². The van der Waals surface area contributed by atoms with Crippen LogP contribution >= 0.6 is 0 Å². The predicted octanol–water partition coefficient (Wildman–Crippen LogP) is 2.33. The van der Waals surface area contributed by atoms with Gasteiger partial charge in [0.1, 0.15) is 12.4 Å². The number of likely N-dealkylation sites (N-methyl/N-ethyl adjacent to an activating group) is 1. The van der Waals surface area contributed by atoms with Crippen LogP contribution in [0.25, 0.3) is 10.9 Å². The molecule has 21 heavy (non-hydrogen) atoms. The van der Waals surface area contributed by atoms with Gasteiger partial charge < -0.3 is 14.2 Å². The molecule has 0 radical (unpaired) electrons. The van der Waals surface area contributed by atoms with E-state index in [9.17, 15) is 9.18 Å². The zero-order valence-electron chi connectivity index (χ0n) is 12.4. The van der Waals surface area contributed by atoms with E-state index in [2.05, 4.69) is 11.9 Å². The SMILES string of the molecule is CCOC(=O)Cn1c2c(c3cccc(F)c31)CN(C)CC2. The second kappa shape index (κ2) is 5.48. The molecule has 0 saturated heterocycles. The Kier molecular flexibility index (Phi) is 3.68. The first kappa shape index (κ1) is 14.1. The van der Waals surface area contributed by atoms with E-state index in [1.54, 1.807) is 17.6 Å². The van der Waals surface area contributed by atoms with Gasteiger partial charge in [-0.2, -0.15) is 0 Å². The molecule has 2 heterocycles. The third-order valence-corrected chi connectivity index (χ3v) is 4.01. The summed E-state index contributed by atoms with van der Waals surface area (Å²) < 4.78 is 21.1. The first-order valence-electron chi connectivity index (χ1n) is 7.24. The number of esters is 1. The van der Waals surface area contributed by atoms with Crippen molar-refractivity contribution >= 4 is 16.9 Å².